The summed E-state index contributed by atoms with van der Waals surface area (Å²) < 4.78 is 0. The number of nitrogens with one attached hydrogen (secondary N) is 2. The van der Waals surface area contributed by atoms with Crippen LogP contribution in [0.1, 0.15) is 42.4 Å². The van der Waals surface area contributed by atoms with E-state index in [1.54, 1.807) is 7.05 Å². The standard InChI is InChI=1S/C18H25N3O/c1-19-18(21-14-7-3-4-8-14)20-12-16-15-9-5-2-6-13(15)10-11-17(16)22/h3-4,10-11,14,22H,2,5-9,12H2,1H3,(H2,19,20,21). The number of aromatic hydroxyl groups is 1. The molecule has 1 aromatic carbocycles. The molecule has 0 atom stereocenters. The van der Waals surface area contributed by atoms with Crippen molar-refractivity contribution in [2.75, 3.05) is 7.05 Å². The first kappa shape index (κ1) is 14.9. The maximum Gasteiger partial charge on any atom is 0.191 e. The Morgan fingerprint density at radius 1 is 1.23 bits per heavy atom. The van der Waals surface area contributed by atoms with Gasteiger partial charge in [-0.1, -0.05) is 18.2 Å². The smallest absolute Gasteiger partial charge is 0.191 e. The zero-order valence-electron chi connectivity index (χ0n) is 13.2. The molecule has 0 fully saturated rings. The molecular formula is C18H25N3O. The second-order valence-corrected chi connectivity index (χ2v) is 6.12. The molecule has 1 aromatic rings. The van der Waals surface area contributed by atoms with Crippen LogP contribution in [0, 0.1) is 0 Å². The number of nitrogens with zero attached hydrogens (tertiary/aromatic N) is 1. The minimum absolute atomic E-state index is 0.395. The number of phenolic OH excluding ortho intramolecular Hbond substituents is 1. The van der Waals surface area contributed by atoms with Gasteiger partial charge in [0, 0.05) is 25.2 Å². The van der Waals surface area contributed by atoms with E-state index in [1.165, 1.54) is 24.0 Å². The number of benzene rings is 1. The third kappa shape index (κ3) is 3.26. The fraction of sp³-hybridized carbons (Fsp3) is 0.500. The van der Waals surface area contributed by atoms with E-state index < -0.39 is 0 Å². The van der Waals surface area contributed by atoms with Crippen LogP contribution in [0.2, 0.25) is 0 Å². The fourth-order valence-electron chi connectivity index (χ4n) is 3.38. The summed E-state index contributed by atoms with van der Waals surface area (Å²) in [5.74, 6) is 1.20. The third-order valence-corrected chi connectivity index (χ3v) is 4.63. The molecule has 0 heterocycles. The molecule has 2 aliphatic carbocycles. The van der Waals surface area contributed by atoms with Crippen molar-refractivity contribution in [3.63, 3.8) is 0 Å². The van der Waals surface area contributed by atoms with E-state index in [-0.39, 0.29) is 0 Å². The van der Waals surface area contributed by atoms with Crippen molar-refractivity contribution < 1.29 is 5.11 Å². The van der Waals surface area contributed by atoms with Crippen LogP contribution in [0.5, 0.6) is 5.75 Å². The zero-order chi connectivity index (χ0) is 15.4. The predicted octanol–water partition coefficient (Wildman–Crippen LogP) is 2.65. The van der Waals surface area contributed by atoms with Crippen LogP contribution in [-0.2, 0) is 19.4 Å². The van der Waals surface area contributed by atoms with Crippen molar-refractivity contribution >= 4 is 5.96 Å². The molecule has 118 valence electrons. The van der Waals surface area contributed by atoms with E-state index in [9.17, 15) is 5.11 Å². The van der Waals surface area contributed by atoms with E-state index in [4.69, 9.17) is 0 Å². The van der Waals surface area contributed by atoms with E-state index >= 15 is 0 Å². The zero-order valence-corrected chi connectivity index (χ0v) is 13.2. The average molecular weight is 299 g/mol. The second-order valence-electron chi connectivity index (χ2n) is 6.12. The largest absolute Gasteiger partial charge is 0.508 e. The summed E-state index contributed by atoms with van der Waals surface area (Å²) in [6.07, 6.45) is 11.2. The van der Waals surface area contributed by atoms with Crippen LogP contribution in [-0.4, -0.2) is 24.2 Å². The summed E-state index contributed by atoms with van der Waals surface area (Å²) in [7, 11) is 1.79. The van der Waals surface area contributed by atoms with E-state index in [1.807, 2.05) is 6.07 Å². The summed E-state index contributed by atoms with van der Waals surface area (Å²) in [6, 6.07) is 4.34. The monoisotopic (exact) mass is 299 g/mol. The number of guanidine groups is 1. The van der Waals surface area contributed by atoms with Crippen LogP contribution in [0.15, 0.2) is 29.3 Å². The van der Waals surface area contributed by atoms with Crippen molar-refractivity contribution in [1.29, 1.82) is 0 Å². The van der Waals surface area contributed by atoms with Crippen molar-refractivity contribution in [3.8, 4) is 5.75 Å². The SMILES string of the molecule is CN=C(NCc1c(O)ccc2c1CCCC2)NC1CC=CC1. The van der Waals surface area contributed by atoms with Gasteiger partial charge in [-0.2, -0.15) is 0 Å². The Hall–Kier alpha value is -1.97. The molecule has 0 saturated heterocycles. The topological polar surface area (TPSA) is 56.7 Å². The summed E-state index contributed by atoms with van der Waals surface area (Å²) in [6.45, 7) is 0.620. The molecule has 22 heavy (non-hydrogen) atoms. The Morgan fingerprint density at radius 2 is 2.00 bits per heavy atom. The van der Waals surface area contributed by atoms with Crippen molar-refractivity contribution in [2.24, 2.45) is 4.99 Å². The number of phenols is 1. The number of aliphatic imine (C=N–C) groups is 1. The van der Waals surface area contributed by atoms with Gasteiger partial charge in [0.2, 0.25) is 0 Å². The molecule has 4 nitrogen and oxygen atoms in total. The number of fused-ring (bicyclic) bond motifs is 1. The number of hydrogen-bond acceptors (Lipinski definition) is 2. The van der Waals surface area contributed by atoms with Crippen molar-refractivity contribution in [3.05, 3.63) is 41.0 Å². The molecule has 0 aromatic heterocycles. The first-order valence-electron chi connectivity index (χ1n) is 8.22. The summed E-state index contributed by atoms with van der Waals surface area (Å²) in [5, 5.41) is 17.0. The Morgan fingerprint density at radius 3 is 2.77 bits per heavy atom. The first-order chi connectivity index (χ1) is 10.8. The molecule has 0 amide bonds. The first-order valence-corrected chi connectivity index (χ1v) is 8.22. The lowest BCUT2D eigenvalue weighted by Gasteiger charge is -2.22. The van der Waals surface area contributed by atoms with Crippen LogP contribution < -0.4 is 10.6 Å². The quantitative estimate of drug-likeness (QED) is 0.457. The molecule has 0 unspecified atom stereocenters. The molecule has 0 saturated carbocycles. The van der Waals surface area contributed by atoms with Gasteiger partial charge in [0.15, 0.2) is 5.96 Å². The molecule has 0 bridgehead atoms. The van der Waals surface area contributed by atoms with Crippen LogP contribution in [0.4, 0.5) is 0 Å². The van der Waals surface area contributed by atoms with Gasteiger partial charge < -0.3 is 15.7 Å². The third-order valence-electron chi connectivity index (χ3n) is 4.63. The molecular weight excluding hydrogens is 274 g/mol. The highest BCUT2D eigenvalue weighted by Gasteiger charge is 2.17. The molecule has 4 heteroatoms. The van der Waals surface area contributed by atoms with Gasteiger partial charge in [-0.3, -0.25) is 4.99 Å². The van der Waals surface area contributed by atoms with Gasteiger partial charge in [-0.05, 0) is 55.7 Å². The lowest BCUT2D eigenvalue weighted by Crippen LogP contribution is -2.42. The summed E-state index contributed by atoms with van der Waals surface area (Å²) >= 11 is 0. The Balaban J connectivity index is 1.67. The Bertz CT molecular complexity index is 584. The van der Waals surface area contributed by atoms with Crippen LogP contribution in [0.25, 0.3) is 0 Å². The molecule has 3 N–H and O–H groups in total. The lowest BCUT2D eigenvalue weighted by atomic mass is 9.88. The molecule has 2 aliphatic rings. The molecule has 0 spiro atoms. The van der Waals surface area contributed by atoms with Gasteiger partial charge in [0.05, 0.1) is 0 Å². The lowest BCUT2D eigenvalue weighted by molar-refractivity contribution is 0.464. The number of rotatable bonds is 3. The van der Waals surface area contributed by atoms with E-state index in [2.05, 4.69) is 33.8 Å². The summed E-state index contributed by atoms with van der Waals surface area (Å²) in [5.41, 5.74) is 3.75. The summed E-state index contributed by atoms with van der Waals surface area (Å²) in [4.78, 5) is 4.29. The maximum atomic E-state index is 10.2. The fourth-order valence-corrected chi connectivity index (χ4v) is 3.38. The molecule has 0 aliphatic heterocycles. The normalized spacial score (nSPS) is 18.3. The highest BCUT2D eigenvalue weighted by atomic mass is 16.3. The van der Waals surface area contributed by atoms with Crippen LogP contribution >= 0.6 is 0 Å². The van der Waals surface area contributed by atoms with Crippen molar-refractivity contribution in [2.45, 2.75) is 51.1 Å². The predicted molar refractivity (Wildman–Crippen MR) is 90.2 cm³/mol. The second kappa shape index (κ2) is 6.86. The van der Waals surface area contributed by atoms with Gasteiger partial charge in [-0.15, -0.1) is 0 Å². The highest BCUT2D eigenvalue weighted by Crippen LogP contribution is 2.30. The minimum Gasteiger partial charge on any atom is -0.508 e. The number of hydrogen-bond donors (Lipinski definition) is 3. The van der Waals surface area contributed by atoms with Gasteiger partial charge in [0.25, 0.3) is 0 Å². The van der Waals surface area contributed by atoms with E-state index in [0.717, 1.165) is 37.2 Å². The van der Waals surface area contributed by atoms with E-state index in [0.29, 0.717) is 18.3 Å². The Kier molecular flexibility index (Phi) is 4.66. The van der Waals surface area contributed by atoms with Gasteiger partial charge in [0.1, 0.15) is 5.75 Å². The average Bonchev–Trinajstić information content (AvgIpc) is 3.05. The van der Waals surface area contributed by atoms with Gasteiger partial charge >= 0.3 is 0 Å². The van der Waals surface area contributed by atoms with Crippen LogP contribution in [0.3, 0.4) is 0 Å². The number of aryl methyl sites for hydroxylation is 1. The van der Waals surface area contributed by atoms with Gasteiger partial charge in [-0.25, -0.2) is 0 Å². The van der Waals surface area contributed by atoms with Crippen molar-refractivity contribution in [1.82, 2.24) is 10.6 Å². The maximum absolute atomic E-state index is 10.2. The Labute approximate surface area is 132 Å². The minimum atomic E-state index is 0.395. The highest BCUT2D eigenvalue weighted by molar-refractivity contribution is 5.80. The molecule has 0 radical (unpaired) electrons. The molecule has 3 rings (SSSR count).